The summed E-state index contributed by atoms with van der Waals surface area (Å²) in [6, 6.07) is 0. The van der Waals surface area contributed by atoms with Crippen molar-refractivity contribution in [1.29, 1.82) is 0 Å². The van der Waals surface area contributed by atoms with Gasteiger partial charge in [-0.15, -0.1) is 0 Å². The molecule has 0 bridgehead atoms. The van der Waals surface area contributed by atoms with Gasteiger partial charge in [0.15, 0.2) is 6.29 Å². The highest BCUT2D eigenvalue weighted by Gasteiger charge is 2.20. The van der Waals surface area contributed by atoms with Crippen LogP contribution in [0.25, 0.3) is 0 Å². The van der Waals surface area contributed by atoms with Gasteiger partial charge in [-0.3, -0.25) is 0 Å². The second-order valence-corrected chi connectivity index (χ2v) is 5.13. The van der Waals surface area contributed by atoms with Gasteiger partial charge in [0, 0.05) is 19.1 Å². The molecule has 1 atom stereocenters. The Morgan fingerprint density at radius 3 is 1.61 bits per heavy atom. The number of ether oxygens (including phenoxy) is 2. The van der Waals surface area contributed by atoms with E-state index in [1.807, 2.05) is 0 Å². The van der Waals surface area contributed by atoms with Crippen LogP contribution in [0.4, 0.5) is 0 Å². The molecule has 0 saturated carbocycles. The van der Waals surface area contributed by atoms with Gasteiger partial charge in [-0.1, -0.05) is 53.4 Å². The van der Waals surface area contributed by atoms with Gasteiger partial charge in [-0.05, 0) is 25.7 Å². The molecule has 0 saturated heterocycles. The standard InChI is InChI=1S/C16H34O2/c1-5-9-12-15(8-4)16(17-13-10-6-2)18-14-11-7-3/h15-16H,5-14H2,1-4H3. The van der Waals surface area contributed by atoms with Crippen molar-refractivity contribution in [2.24, 2.45) is 5.92 Å². The van der Waals surface area contributed by atoms with Gasteiger partial charge in [0.1, 0.15) is 0 Å². The first kappa shape index (κ1) is 17.9. The fourth-order valence-electron chi connectivity index (χ4n) is 2.01. The zero-order chi connectivity index (χ0) is 13.6. The Balaban J connectivity index is 4.11. The van der Waals surface area contributed by atoms with Gasteiger partial charge < -0.3 is 9.47 Å². The summed E-state index contributed by atoms with van der Waals surface area (Å²) in [6.45, 7) is 10.6. The summed E-state index contributed by atoms with van der Waals surface area (Å²) in [4.78, 5) is 0. The van der Waals surface area contributed by atoms with Gasteiger partial charge in [0.2, 0.25) is 0 Å². The fraction of sp³-hybridized carbons (Fsp3) is 1.00. The highest BCUT2D eigenvalue weighted by Crippen LogP contribution is 2.21. The lowest BCUT2D eigenvalue weighted by molar-refractivity contribution is -0.175. The molecular formula is C16H34O2. The van der Waals surface area contributed by atoms with Crippen LogP contribution in [-0.2, 0) is 9.47 Å². The lowest BCUT2D eigenvalue weighted by Crippen LogP contribution is -2.28. The molecule has 0 aromatic heterocycles. The van der Waals surface area contributed by atoms with Crippen LogP contribution in [0.3, 0.4) is 0 Å². The molecule has 0 aromatic rings. The summed E-state index contributed by atoms with van der Waals surface area (Å²) < 4.78 is 11.9. The van der Waals surface area contributed by atoms with Crippen LogP contribution in [0.2, 0.25) is 0 Å². The van der Waals surface area contributed by atoms with Gasteiger partial charge in [-0.2, -0.15) is 0 Å². The van der Waals surface area contributed by atoms with E-state index in [2.05, 4.69) is 27.7 Å². The van der Waals surface area contributed by atoms with Crippen LogP contribution in [-0.4, -0.2) is 19.5 Å². The van der Waals surface area contributed by atoms with Crippen molar-refractivity contribution in [3.8, 4) is 0 Å². The van der Waals surface area contributed by atoms with E-state index in [4.69, 9.17) is 9.47 Å². The first-order valence-electron chi connectivity index (χ1n) is 8.03. The molecule has 0 fully saturated rings. The molecule has 0 aliphatic rings. The summed E-state index contributed by atoms with van der Waals surface area (Å²) >= 11 is 0. The summed E-state index contributed by atoms with van der Waals surface area (Å²) in [7, 11) is 0. The number of hydrogen-bond acceptors (Lipinski definition) is 2. The second-order valence-electron chi connectivity index (χ2n) is 5.13. The van der Waals surface area contributed by atoms with Crippen molar-refractivity contribution in [2.75, 3.05) is 13.2 Å². The first-order chi connectivity index (χ1) is 8.79. The molecule has 0 amide bonds. The summed E-state index contributed by atoms with van der Waals surface area (Å²) in [5.41, 5.74) is 0. The third kappa shape index (κ3) is 8.93. The lowest BCUT2D eigenvalue weighted by Gasteiger charge is -2.26. The molecule has 0 aliphatic carbocycles. The van der Waals surface area contributed by atoms with Crippen molar-refractivity contribution in [2.45, 2.75) is 85.4 Å². The molecular weight excluding hydrogens is 224 g/mol. The van der Waals surface area contributed by atoms with E-state index < -0.39 is 0 Å². The maximum Gasteiger partial charge on any atom is 0.160 e. The zero-order valence-corrected chi connectivity index (χ0v) is 13.0. The Morgan fingerprint density at radius 1 is 0.722 bits per heavy atom. The highest BCUT2D eigenvalue weighted by atomic mass is 16.7. The second kappa shape index (κ2) is 13.4. The van der Waals surface area contributed by atoms with Gasteiger partial charge in [-0.25, -0.2) is 0 Å². The Bertz CT molecular complexity index is 149. The predicted octanol–water partition coefficient (Wildman–Crippen LogP) is 5.16. The van der Waals surface area contributed by atoms with Crippen molar-refractivity contribution >= 4 is 0 Å². The summed E-state index contributed by atoms with van der Waals surface area (Å²) in [6.07, 6.45) is 9.60. The Labute approximate surface area is 114 Å². The van der Waals surface area contributed by atoms with Crippen LogP contribution in [0, 0.1) is 5.92 Å². The normalized spacial score (nSPS) is 13.2. The van der Waals surface area contributed by atoms with Crippen molar-refractivity contribution in [3.05, 3.63) is 0 Å². The largest absolute Gasteiger partial charge is 0.352 e. The molecule has 0 aromatic carbocycles. The minimum Gasteiger partial charge on any atom is -0.352 e. The molecule has 0 radical (unpaired) electrons. The molecule has 1 unspecified atom stereocenters. The summed E-state index contributed by atoms with van der Waals surface area (Å²) in [5, 5.41) is 0. The Hall–Kier alpha value is -0.0800. The Kier molecular flexibility index (Phi) is 13.3. The quantitative estimate of drug-likeness (QED) is 0.335. The van der Waals surface area contributed by atoms with Crippen molar-refractivity contribution in [3.63, 3.8) is 0 Å². The van der Waals surface area contributed by atoms with Gasteiger partial charge in [0.05, 0.1) is 0 Å². The van der Waals surface area contributed by atoms with Crippen LogP contribution in [0.5, 0.6) is 0 Å². The Morgan fingerprint density at radius 2 is 1.22 bits per heavy atom. The van der Waals surface area contributed by atoms with Crippen LogP contribution >= 0.6 is 0 Å². The lowest BCUT2D eigenvalue weighted by atomic mass is 9.98. The molecule has 18 heavy (non-hydrogen) atoms. The number of rotatable bonds is 13. The van der Waals surface area contributed by atoms with E-state index in [1.54, 1.807) is 0 Å². The third-order valence-electron chi connectivity index (χ3n) is 3.40. The van der Waals surface area contributed by atoms with E-state index in [-0.39, 0.29) is 6.29 Å². The molecule has 2 nitrogen and oxygen atoms in total. The monoisotopic (exact) mass is 258 g/mol. The van der Waals surface area contributed by atoms with E-state index >= 15 is 0 Å². The molecule has 2 heteroatoms. The highest BCUT2D eigenvalue weighted by molar-refractivity contribution is 4.62. The van der Waals surface area contributed by atoms with Gasteiger partial charge in [0.25, 0.3) is 0 Å². The number of hydrogen-bond donors (Lipinski definition) is 0. The minimum absolute atomic E-state index is 0.0275. The molecule has 0 rings (SSSR count). The first-order valence-corrected chi connectivity index (χ1v) is 8.03. The van der Waals surface area contributed by atoms with Crippen molar-refractivity contribution in [1.82, 2.24) is 0 Å². The smallest absolute Gasteiger partial charge is 0.160 e. The molecule has 0 N–H and O–H groups in total. The number of unbranched alkanes of at least 4 members (excludes halogenated alkanes) is 3. The topological polar surface area (TPSA) is 18.5 Å². The fourth-order valence-corrected chi connectivity index (χ4v) is 2.01. The average molecular weight is 258 g/mol. The maximum absolute atomic E-state index is 5.96. The van der Waals surface area contributed by atoms with Crippen molar-refractivity contribution < 1.29 is 9.47 Å². The van der Waals surface area contributed by atoms with Crippen LogP contribution < -0.4 is 0 Å². The zero-order valence-electron chi connectivity index (χ0n) is 13.0. The van der Waals surface area contributed by atoms with E-state index in [0.29, 0.717) is 5.92 Å². The molecule has 110 valence electrons. The van der Waals surface area contributed by atoms with Crippen LogP contribution in [0.15, 0.2) is 0 Å². The third-order valence-corrected chi connectivity index (χ3v) is 3.40. The van der Waals surface area contributed by atoms with Gasteiger partial charge >= 0.3 is 0 Å². The van der Waals surface area contributed by atoms with E-state index in [0.717, 1.165) is 32.5 Å². The average Bonchev–Trinajstić information content (AvgIpc) is 2.39. The summed E-state index contributed by atoms with van der Waals surface area (Å²) in [5.74, 6) is 0.568. The molecule has 0 aliphatic heterocycles. The molecule has 0 heterocycles. The minimum atomic E-state index is 0.0275. The van der Waals surface area contributed by atoms with E-state index in [9.17, 15) is 0 Å². The molecule has 0 spiro atoms. The predicted molar refractivity (Wildman–Crippen MR) is 78.8 cm³/mol. The van der Waals surface area contributed by atoms with E-state index in [1.165, 1.54) is 32.1 Å². The SMILES string of the molecule is CCCCOC(OCCCC)C(CC)CCCC. The van der Waals surface area contributed by atoms with Crippen LogP contribution in [0.1, 0.15) is 79.1 Å². The maximum atomic E-state index is 5.96.